The molecule has 2 rings (SSSR count). The van der Waals surface area contributed by atoms with Crippen LogP contribution in [0.15, 0.2) is 0 Å². The molecule has 2 saturated carbocycles. The SMILES string of the molecule is CC(C)(C)C1CCC(C(=O)O)(C2CCCCCC2)CC1. The van der Waals surface area contributed by atoms with Crippen LogP contribution in [0.2, 0.25) is 0 Å². The summed E-state index contributed by atoms with van der Waals surface area (Å²) in [6.07, 6.45) is 11.4. The lowest BCUT2D eigenvalue weighted by Crippen LogP contribution is -2.43. The molecule has 2 nitrogen and oxygen atoms in total. The van der Waals surface area contributed by atoms with Crippen LogP contribution in [0.25, 0.3) is 0 Å². The summed E-state index contributed by atoms with van der Waals surface area (Å²) in [7, 11) is 0. The molecule has 0 atom stereocenters. The number of carbonyl (C=O) groups is 1. The predicted octanol–water partition coefficient (Wildman–Crippen LogP) is 5.26. The van der Waals surface area contributed by atoms with Gasteiger partial charge in [0.25, 0.3) is 0 Å². The van der Waals surface area contributed by atoms with Crippen molar-refractivity contribution in [2.24, 2.45) is 22.7 Å². The normalized spacial score (nSPS) is 33.6. The second-order valence-electron chi connectivity index (χ2n) is 8.29. The number of carboxylic acid groups (broad SMARTS) is 1. The molecule has 2 aliphatic carbocycles. The van der Waals surface area contributed by atoms with Crippen molar-refractivity contribution < 1.29 is 9.90 Å². The zero-order chi connectivity index (χ0) is 14.8. The minimum absolute atomic E-state index is 0.327. The molecule has 0 aliphatic heterocycles. The van der Waals surface area contributed by atoms with Crippen LogP contribution < -0.4 is 0 Å². The van der Waals surface area contributed by atoms with Gasteiger partial charge in [-0.3, -0.25) is 4.79 Å². The van der Waals surface area contributed by atoms with Gasteiger partial charge in [0.2, 0.25) is 0 Å². The summed E-state index contributed by atoms with van der Waals surface area (Å²) in [4.78, 5) is 12.0. The van der Waals surface area contributed by atoms with Gasteiger partial charge in [-0.1, -0.05) is 46.5 Å². The van der Waals surface area contributed by atoms with Crippen LogP contribution >= 0.6 is 0 Å². The van der Waals surface area contributed by atoms with Gasteiger partial charge in [-0.2, -0.15) is 0 Å². The third kappa shape index (κ3) is 3.20. The Kier molecular flexibility index (Phi) is 4.81. The van der Waals surface area contributed by atoms with Crippen molar-refractivity contribution >= 4 is 5.97 Å². The highest BCUT2D eigenvalue weighted by atomic mass is 16.4. The van der Waals surface area contributed by atoms with Crippen LogP contribution in [0.4, 0.5) is 0 Å². The second kappa shape index (κ2) is 6.07. The van der Waals surface area contributed by atoms with E-state index in [0.29, 0.717) is 17.3 Å². The largest absolute Gasteiger partial charge is 0.481 e. The zero-order valence-corrected chi connectivity index (χ0v) is 13.6. The fourth-order valence-corrected chi connectivity index (χ4v) is 4.63. The summed E-state index contributed by atoms with van der Waals surface area (Å²) in [6, 6.07) is 0. The predicted molar refractivity (Wildman–Crippen MR) is 82.7 cm³/mol. The molecule has 0 unspecified atom stereocenters. The Morgan fingerprint density at radius 1 is 0.950 bits per heavy atom. The van der Waals surface area contributed by atoms with Gasteiger partial charge in [0.05, 0.1) is 5.41 Å². The van der Waals surface area contributed by atoms with Crippen LogP contribution in [0.3, 0.4) is 0 Å². The Labute approximate surface area is 124 Å². The van der Waals surface area contributed by atoms with E-state index in [1.165, 1.54) is 25.7 Å². The molecule has 20 heavy (non-hydrogen) atoms. The van der Waals surface area contributed by atoms with Gasteiger partial charge in [-0.25, -0.2) is 0 Å². The first-order valence-electron chi connectivity index (χ1n) is 8.60. The average Bonchev–Trinajstić information content (AvgIpc) is 2.66. The van der Waals surface area contributed by atoms with Gasteiger partial charge >= 0.3 is 5.97 Å². The fraction of sp³-hybridized carbons (Fsp3) is 0.944. The first kappa shape index (κ1) is 15.9. The van der Waals surface area contributed by atoms with E-state index in [2.05, 4.69) is 20.8 Å². The fourth-order valence-electron chi connectivity index (χ4n) is 4.63. The highest BCUT2D eigenvalue weighted by Gasteiger charge is 2.48. The summed E-state index contributed by atoms with van der Waals surface area (Å²) in [5.74, 6) is 0.626. The number of hydrogen-bond acceptors (Lipinski definition) is 1. The molecule has 1 N–H and O–H groups in total. The van der Waals surface area contributed by atoms with E-state index in [4.69, 9.17) is 0 Å². The molecule has 2 aliphatic rings. The van der Waals surface area contributed by atoms with Crippen molar-refractivity contribution in [3.63, 3.8) is 0 Å². The molecular formula is C18H32O2. The van der Waals surface area contributed by atoms with Crippen molar-refractivity contribution in [2.45, 2.75) is 85.0 Å². The van der Waals surface area contributed by atoms with E-state index < -0.39 is 11.4 Å². The smallest absolute Gasteiger partial charge is 0.309 e. The Morgan fingerprint density at radius 2 is 1.45 bits per heavy atom. The maximum atomic E-state index is 12.0. The highest BCUT2D eigenvalue weighted by molar-refractivity contribution is 5.75. The third-order valence-electron chi connectivity index (χ3n) is 6.17. The van der Waals surface area contributed by atoms with E-state index >= 15 is 0 Å². The van der Waals surface area contributed by atoms with Crippen LogP contribution in [0.1, 0.15) is 85.0 Å². The van der Waals surface area contributed by atoms with Crippen molar-refractivity contribution in [1.82, 2.24) is 0 Å². The minimum atomic E-state index is -0.503. The Morgan fingerprint density at radius 3 is 1.85 bits per heavy atom. The molecule has 116 valence electrons. The zero-order valence-electron chi connectivity index (χ0n) is 13.6. The van der Waals surface area contributed by atoms with Crippen molar-refractivity contribution in [2.75, 3.05) is 0 Å². The van der Waals surface area contributed by atoms with Crippen LogP contribution in [-0.2, 0) is 4.79 Å². The molecule has 0 heterocycles. The summed E-state index contributed by atoms with van der Waals surface area (Å²) in [5, 5.41) is 9.92. The van der Waals surface area contributed by atoms with Gasteiger partial charge in [-0.15, -0.1) is 0 Å². The minimum Gasteiger partial charge on any atom is -0.481 e. The molecule has 2 fully saturated rings. The Bertz CT molecular complexity index is 324. The van der Waals surface area contributed by atoms with Crippen molar-refractivity contribution in [1.29, 1.82) is 0 Å². The van der Waals surface area contributed by atoms with E-state index in [1.54, 1.807) is 0 Å². The molecule has 0 aromatic rings. The first-order chi connectivity index (χ1) is 9.36. The number of carboxylic acids is 1. The van der Waals surface area contributed by atoms with Crippen LogP contribution in [-0.4, -0.2) is 11.1 Å². The molecular weight excluding hydrogens is 248 g/mol. The molecule has 0 amide bonds. The third-order valence-corrected chi connectivity index (χ3v) is 6.17. The summed E-state index contributed by atoms with van der Waals surface area (Å²) in [5.41, 5.74) is -0.0692. The lowest BCUT2D eigenvalue weighted by Gasteiger charge is -2.45. The molecule has 0 saturated heterocycles. The molecule has 0 aromatic carbocycles. The molecule has 0 bridgehead atoms. The summed E-state index contributed by atoms with van der Waals surface area (Å²) >= 11 is 0. The topological polar surface area (TPSA) is 37.3 Å². The van der Waals surface area contributed by atoms with Gasteiger partial charge in [0.1, 0.15) is 0 Å². The lowest BCUT2D eigenvalue weighted by atomic mass is 9.58. The Hall–Kier alpha value is -0.530. The van der Waals surface area contributed by atoms with Crippen molar-refractivity contribution in [3.05, 3.63) is 0 Å². The maximum absolute atomic E-state index is 12.0. The van der Waals surface area contributed by atoms with E-state index in [0.717, 1.165) is 38.5 Å². The quantitative estimate of drug-likeness (QED) is 0.700. The molecule has 2 heteroatoms. The summed E-state index contributed by atoms with van der Waals surface area (Å²) in [6.45, 7) is 6.91. The van der Waals surface area contributed by atoms with E-state index in [1.807, 2.05) is 0 Å². The first-order valence-corrected chi connectivity index (χ1v) is 8.60. The Balaban J connectivity index is 2.10. The molecule has 0 spiro atoms. The average molecular weight is 280 g/mol. The van der Waals surface area contributed by atoms with Gasteiger partial charge in [0, 0.05) is 0 Å². The molecule has 0 radical (unpaired) electrons. The molecule has 0 aromatic heterocycles. The van der Waals surface area contributed by atoms with Gasteiger partial charge < -0.3 is 5.11 Å². The highest BCUT2D eigenvalue weighted by Crippen LogP contribution is 2.52. The monoisotopic (exact) mass is 280 g/mol. The van der Waals surface area contributed by atoms with Crippen LogP contribution in [0, 0.1) is 22.7 Å². The van der Waals surface area contributed by atoms with E-state index in [9.17, 15) is 9.90 Å². The van der Waals surface area contributed by atoms with Crippen LogP contribution in [0.5, 0.6) is 0 Å². The standard InChI is InChI=1S/C18H32O2/c1-17(2,3)14-10-12-18(13-11-14,16(19)20)15-8-6-4-5-7-9-15/h14-15H,4-13H2,1-3H3,(H,19,20). The maximum Gasteiger partial charge on any atom is 0.309 e. The second-order valence-corrected chi connectivity index (χ2v) is 8.29. The number of rotatable bonds is 2. The van der Waals surface area contributed by atoms with E-state index in [-0.39, 0.29) is 0 Å². The van der Waals surface area contributed by atoms with Gasteiger partial charge in [0.15, 0.2) is 0 Å². The lowest BCUT2D eigenvalue weighted by molar-refractivity contribution is -0.157. The van der Waals surface area contributed by atoms with Crippen molar-refractivity contribution in [3.8, 4) is 0 Å². The number of hydrogen-bond donors (Lipinski definition) is 1. The number of aliphatic carboxylic acids is 1. The van der Waals surface area contributed by atoms with Gasteiger partial charge in [-0.05, 0) is 55.8 Å². The summed E-state index contributed by atoms with van der Waals surface area (Å²) < 4.78 is 0.